The average Bonchev–Trinajstić information content (AvgIpc) is 2.65. The summed E-state index contributed by atoms with van der Waals surface area (Å²) in [4.78, 5) is 13.1. The van der Waals surface area contributed by atoms with Gasteiger partial charge in [-0.25, -0.2) is 0 Å². The maximum Gasteiger partial charge on any atom is 0.416 e. The monoisotopic (exact) mass is 311 g/mol. The van der Waals surface area contributed by atoms with Crippen molar-refractivity contribution in [3.8, 4) is 0 Å². The fourth-order valence-corrected chi connectivity index (χ4v) is 2.63. The molecule has 1 saturated heterocycles. The molecule has 2 rings (SSSR count). The Bertz CT molecular complexity index is 492. The van der Waals surface area contributed by atoms with E-state index in [-0.39, 0.29) is 24.0 Å². The molecule has 0 radical (unpaired) electrons. The zero-order valence-electron chi connectivity index (χ0n) is 9.62. The predicted octanol–water partition coefficient (Wildman–Crippen LogP) is 3.51. The quantitative estimate of drug-likeness (QED) is 0.765. The van der Waals surface area contributed by atoms with Gasteiger partial charge in [0.25, 0.3) is 0 Å². The van der Waals surface area contributed by atoms with E-state index in [0.717, 1.165) is 12.1 Å². The third-order valence-electron chi connectivity index (χ3n) is 3.02. The van der Waals surface area contributed by atoms with Gasteiger partial charge in [0.1, 0.15) is 5.38 Å². The molecule has 1 aliphatic rings. The molecule has 1 aliphatic heterocycles. The maximum absolute atomic E-state index is 12.6. The standard InChI is InChI=1S/C12H10Cl2F3NO/c13-5-7-6-18(11(19)10(7)14)9-3-1-2-8(4-9)12(15,16)17/h1-4,7,10H,5-6H2/t7-,10+/m1/s1. The van der Waals surface area contributed by atoms with Crippen LogP contribution in [0, 0.1) is 5.92 Å². The molecule has 0 aliphatic carbocycles. The summed E-state index contributed by atoms with van der Waals surface area (Å²) in [6, 6.07) is 4.62. The highest BCUT2D eigenvalue weighted by atomic mass is 35.5. The van der Waals surface area contributed by atoms with E-state index in [2.05, 4.69) is 0 Å². The first-order chi connectivity index (χ1) is 8.84. The van der Waals surface area contributed by atoms with E-state index < -0.39 is 23.0 Å². The van der Waals surface area contributed by atoms with Crippen LogP contribution in [0.4, 0.5) is 18.9 Å². The van der Waals surface area contributed by atoms with E-state index in [1.807, 2.05) is 0 Å². The van der Waals surface area contributed by atoms with Gasteiger partial charge >= 0.3 is 6.18 Å². The smallest absolute Gasteiger partial charge is 0.311 e. The zero-order valence-corrected chi connectivity index (χ0v) is 11.1. The highest BCUT2D eigenvalue weighted by Crippen LogP contribution is 2.34. The second-order valence-electron chi connectivity index (χ2n) is 4.31. The SMILES string of the molecule is O=C1[C@@H](Cl)[C@H](CCl)CN1c1cccc(C(F)(F)F)c1. The number of amides is 1. The first-order valence-corrected chi connectivity index (χ1v) is 6.50. The van der Waals surface area contributed by atoms with E-state index in [0.29, 0.717) is 0 Å². The third kappa shape index (κ3) is 2.82. The van der Waals surface area contributed by atoms with Crippen LogP contribution in [0.2, 0.25) is 0 Å². The lowest BCUT2D eigenvalue weighted by molar-refractivity contribution is -0.137. The number of alkyl halides is 5. The van der Waals surface area contributed by atoms with Gasteiger partial charge in [-0.3, -0.25) is 4.79 Å². The summed E-state index contributed by atoms with van der Waals surface area (Å²) >= 11 is 11.6. The van der Waals surface area contributed by atoms with Crippen molar-refractivity contribution in [1.29, 1.82) is 0 Å². The molecule has 2 nitrogen and oxygen atoms in total. The van der Waals surface area contributed by atoms with Crippen molar-refractivity contribution in [2.45, 2.75) is 11.6 Å². The van der Waals surface area contributed by atoms with Crippen molar-refractivity contribution in [2.75, 3.05) is 17.3 Å². The molecule has 19 heavy (non-hydrogen) atoms. The Hall–Kier alpha value is -0.940. The van der Waals surface area contributed by atoms with E-state index in [1.165, 1.54) is 17.0 Å². The molecule has 2 atom stereocenters. The Kier molecular flexibility index (Phi) is 3.97. The number of hydrogen-bond acceptors (Lipinski definition) is 1. The molecule has 104 valence electrons. The van der Waals surface area contributed by atoms with Gasteiger partial charge < -0.3 is 4.90 Å². The molecule has 1 heterocycles. The van der Waals surface area contributed by atoms with Crippen LogP contribution in [0.1, 0.15) is 5.56 Å². The van der Waals surface area contributed by atoms with Gasteiger partial charge in [-0.1, -0.05) is 6.07 Å². The van der Waals surface area contributed by atoms with Crippen molar-refractivity contribution < 1.29 is 18.0 Å². The second-order valence-corrected chi connectivity index (χ2v) is 5.09. The second kappa shape index (κ2) is 5.21. The number of nitrogens with zero attached hydrogens (tertiary/aromatic N) is 1. The summed E-state index contributed by atoms with van der Waals surface area (Å²) in [7, 11) is 0. The topological polar surface area (TPSA) is 20.3 Å². The number of anilines is 1. The normalized spacial score (nSPS) is 24.1. The van der Waals surface area contributed by atoms with E-state index in [9.17, 15) is 18.0 Å². The summed E-state index contributed by atoms with van der Waals surface area (Å²) in [6.45, 7) is 0.234. The fourth-order valence-electron chi connectivity index (χ4n) is 1.98. The Morgan fingerprint density at radius 1 is 1.37 bits per heavy atom. The van der Waals surface area contributed by atoms with E-state index in [4.69, 9.17) is 23.2 Å². The minimum absolute atomic E-state index is 0.190. The van der Waals surface area contributed by atoms with Crippen LogP contribution in [-0.2, 0) is 11.0 Å². The molecule has 1 aromatic rings. The highest BCUT2D eigenvalue weighted by Gasteiger charge is 2.40. The molecular weight excluding hydrogens is 302 g/mol. The van der Waals surface area contributed by atoms with Crippen LogP contribution >= 0.6 is 23.2 Å². The number of hydrogen-bond donors (Lipinski definition) is 0. The minimum atomic E-state index is -4.44. The minimum Gasteiger partial charge on any atom is -0.311 e. The molecule has 0 aromatic heterocycles. The third-order valence-corrected chi connectivity index (χ3v) is 3.96. The van der Waals surface area contributed by atoms with Crippen molar-refractivity contribution in [1.82, 2.24) is 0 Å². The van der Waals surface area contributed by atoms with Gasteiger partial charge in [0.2, 0.25) is 5.91 Å². The van der Waals surface area contributed by atoms with Crippen LogP contribution in [-0.4, -0.2) is 23.7 Å². The van der Waals surface area contributed by atoms with Crippen molar-refractivity contribution in [2.24, 2.45) is 5.92 Å². The van der Waals surface area contributed by atoms with Crippen LogP contribution in [0.15, 0.2) is 24.3 Å². The highest BCUT2D eigenvalue weighted by molar-refractivity contribution is 6.34. The van der Waals surface area contributed by atoms with Crippen LogP contribution < -0.4 is 4.90 Å². The predicted molar refractivity (Wildman–Crippen MR) is 67.6 cm³/mol. The van der Waals surface area contributed by atoms with Crippen molar-refractivity contribution in [3.05, 3.63) is 29.8 Å². The average molecular weight is 312 g/mol. The molecule has 7 heteroatoms. The van der Waals surface area contributed by atoms with Gasteiger partial charge in [0, 0.05) is 24.0 Å². The number of rotatable bonds is 2. The number of carbonyl (C=O) groups excluding carboxylic acids is 1. The van der Waals surface area contributed by atoms with Gasteiger partial charge in [-0.05, 0) is 18.2 Å². The van der Waals surface area contributed by atoms with Gasteiger partial charge in [-0.2, -0.15) is 13.2 Å². The lowest BCUT2D eigenvalue weighted by Crippen LogP contribution is -2.27. The lowest BCUT2D eigenvalue weighted by atomic mass is 10.1. The molecule has 1 fully saturated rings. The van der Waals surface area contributed by atoms with Gasteiger partial charge in [0.15, 0.2) is 0 Å². The van der Waals surface area contributed by atoms with Crippen molar-refractivity contribution >= 4 is 34.8 Å². The lowest BCUT2D eigenvalue weighted by Gasteiger charge is -2.18. The summed E-state index contributed by atoms with van der Waals surface area (Å²) in [5, 5.41) is -0.785. The summed E-state index contributed by atoms with van der Waals surface area (Å²) < 4.78 is 37.9. The van der Waals surface area contributed by atoms with Gasteiger partial charge in [-0.15, -0.1) is 23.2 Å². The first-order valence-electron chi connectivity index (χ1n) is 5.53. The van der Waals surface area contributed by atoms with Crippen LogP contribution in [0.25, 0.3) is 0 Å². The Labute approximate surface area is 118 Å². The summed E-state index contributed by atoms with van der Waals surface area (Å²) in [6.07, 6.45) is -4.44. The summed E-state index contributed by atoms with van der Waals surface area (Å²) in [5.74, 6) is -0.480. The molecule has 0 saturated carbocycles. The van der Waals surface area contributed by atoms with E-state index >= 15 is 0 Å². The molecule has 0 unspecified atom stereocenters. The molecule has 0 N–H and O–H groups in total. The molecule has 1 amide bonds. The zero-order chi connectivity index (χ0) is 14.2. The maximum atomic E-state index is 12.6. The Morgan fingerprint density at radius 3 is 2.58 bits per heavy atom. The summed E-state index contributed by atoms with van der Waals surface area (Å²) in [5.41, 5.74) is -0.601. The largest absolute Gasteiger partial charge is 0.416 e. The van der Waals surface area contributed by atoms with E-state index in [1.54, 1.807) is 0 Å². The molecule has 0 spiro atoms. The Balaban J connectivity index is 2.31. The van der Waals surface area contributed by atoms with Crippen LogP contribution in [0.5, 0.6) is 0 Å². The van der Waals surface area contributed by atoms with Gasteiger partial charge in [0.05, 0.1) is 5.56 Å². The van der Waals surface area contributed by atoms with Crippen LogP contribution in [0.3, 0.4) is 0 Å². The fraction of sp³-hybridized carbons (Fsp3) is 0.417. The number of benzene rings is 1. The van der Waals surface area contributed by atoms with Crippen molar-refractivity contribution in [3.63, 3.8) is 0 Å². The Morgan fingerprint density at radius 2 is 2.05 bits per heavy atom. The molecular formula is C12H10Cl2F3NO. The first kappa shape index (κ1) is 14.5. The number of halogens is 5. The molecule has 1 aromatic carbocycles. The number of carbonyl (C=O) groups is 1. The molecule has 0 bridgehead atoms.